The van der Waals surface area contributed by atoms with Crippen LogP contribution in [-0.4, -0.2) is 36.1 Å². The van der Waals surface area contributed by atoms with Crippen LogP contribution in [0.15, 0.2) is 35.9 Å². The van der Waals surface area contributed by atoms with Crippen LogP contribution >= 0.6 is 0 Å². The van der Waals surface area contributed by atoms with Crippen molar-refractivity contribution in [3.63, 3.8) is 0 Å². The zero-order valence-corrected chi connectivity index (χ0v) is 15.2. The van der Waals surface area contributed by atoms with Crippen molar-refractivity contribution >= 4 is 11.5 Å². The molecule has 4 rings (SSSR count). The smallest absolute Gasteiger partial charge is 0.310 e. The fourth-order valence-corrected chi connectivity index (χ4v) is 5.01. The van der Waals surface area contributed by atoms with E-state index < -0.39 is 0 Å². The molecule has 1 aliphatic carbocycles. The Labute approximate surface area is 151 Å². The Morgan fingerprint density at radius 1 is 1.08 bits per heavy atom. The van der Waals surface area contributed by atoms with E-state index in [0.717, 1.165) is 25.7 Å². The topological polar surface area (TPSA) is 29.5 Å². The van der Waals surface area contributed by atoms with E-state index in [2.05, 4.69) is 42.3 Å². The van der Waals surface area contributed by atoms with Crippen LogP contribution in [-0.2, 0) is 9.53 Å². The summed E-state index contributed by atoms with van der Waals surface area (Å²) < 4.78 is 5.91. The minimum Gasteiger partial charge on any atom is -0.462 e. The molecule has 1 aromatic carbocycles. The van der Waals surface area contributed by atoms with Gasteiger partial charge in [0.2, 0.25) is 0 Å². The molecular formula is C22H29NO2. The van der Waals surface area contributed by atoms with Gasteiger partial charge in [0.25, 0.3) is 0 Å². The number of ether oxygens (including phenoxy) is 1. The summed E-state index contributed by atoms with van der Waals surface area (Å²) in [6, 6.07) is 11.8. The lowest BCUT2D eigenvalue weighted by atomic mass is 9.86. The lowest BCUT2D eigenvalue weighted by Gasteiger charge is -2.35. The normalized spacial score (nSPS) is 29.7. The quantitative estimate of drug-likeness (QED) is 0.753. The average Bonchev–Trinajstić information content (AvgIpc) is 2.83. The summed E-state index contributed by atoms with van der Waals surface area (Å²) in [5.41, 5.74) is 3.97. The molecule has 2 heterocycles. The van der Waals surface area contributed by atoms with Crippen LogP contribution in [0, 0.1) is 0 Å². The van der Waals surface area contributed by atoms with Gasteiger partial charge in [0, 0.05) is 12.1 Å². The Morgan fingerprint density at radius 2 is 1.76 bits per heavy atom. The van der Waals surface area contributed by atoms with Crippen molar-refractivity contribution in [2.45, 2.75) is 76.0 Å². The Bertz CT molecular complexity index is 637. The van der Waals surface area contributed by atoms with E-state index in [4.69, 9.17) is 4.74 Å². The van der Waals surface area contributed by atoms with Gasteiger partial charge in [0.1, 0.15) is 6.10 Å². The molecule has 2 atom stereocenters. The van der Waals surface area contributed by atoms with Gasteiger partial charge in [-0.3, -0.25) is 4.79 Å². The molecule has 3 aliphatic rings. The first-order chi connectivity index (χ1) is 12.2. The van der Waals surface area contributed by atoms with Crippen molar-refractivity contribution in [3.05, 3.63) is 41.5 Å². The third kappa shape index (κ3) is 3.67. The number of hydrogen-bond donors (Lipinski definition) is 0. The van der Waals surface area contributed by atoms with Gasteiger partial charge in [-0.1, -0.05) is 35.9 Å². The second kappa shape index (κ2) is 7.33. The molecule has 0 saturated carbocycles. The first kappa shape index (κ1) is 16.8. The average molecular weight is 339 g/mol. The zero-order valence-electron chi connectivity index (χ0n) is 15.2. The maximum absolute atomic E-state index is 12.6. The van der Waals surface area contributed by atoms with Crippen LogP contribution in [0.3, 0.4) is 0 Å². The first-order valence-electron chi connectivity index (χ1n) is 9.88. The van der Waals surface area contributed by atoms with Gasteiger partial charge in [0.15, 0.2) is 0 Å². The van der Waals surface area contributed by atoms with Crippen molar-refractivity contribution in [1.29, 1.82) is 0 Å². The highest BCUT2D eigenvalue weighted by Gasteiger charge is 2.39. The first-order valence-corrected chi connectivity index (χ1v) is 9.88. The summed E-state index contributed by atoms with van der Waals surface area (Å²) >= 11 is 0. The summed E-state index contributed by atoms with van der Waals surface area (Å²) in [4.78, 5) is 15.1. The zero-order chi connectivity index (χ0) is 17.2. The van der Waals surface area contributed by atoms with Crippen LogP contribution in [0.4, 0.5) is 0 Å². The number of benzene rings is 1. The van der Waals surface area contributed by atoms with Crippen molar-refractivity contribution in [2.24, 2.45) is 0 Å². The number of fused-ring (bicyclic) bond motifs is 2. The Kier molecular flexibility index (Phi) is 4.93. The van der Waals surface area contributed by atoms with Crippen LogP contribution < -0.4 is 0 Å². The maximum Gasteiger partial charge on any atom is 0.310 e. The highest BCUT2D eigenvalue weighted by atomic mass is 16.5. The van der Waals surface area contributed by atoms with Gasteiger partial charge < -0.3 is 9.64 Å². The van der Waals surface area contributed by atoms with Crippen molar-refractivity contribution in [1.82, 2.24) is 4.90 Å². The third-order valence-electron chi connectivity index (χ3n) is 6.42. The Hall–Kier alpha value is -1.61. The van der Waals surface area contributed by atoms with Crippen LogP contribution in [0.2, 0.25) is 0 Å². The minimum atomic E-state index is -0.0146. The van der Waals surface area contributed by atoms with Gasteiger partial charge in [-0.05, 0) is 69.6 Å². The summed E-state index contributed by atoms with van der Waals surface area (Å²) in [5.74, 6) is -0.0146. The highest BCUT2D eigenvalue weighted by Crippen LogP contribution is 2.37. The molecule has 2 aliphatic heterocycles. The third-order valence-corrected chi connectivity index (χ3v) is 6.42. The molecule has 2 fully saturated rings. The van der Waals surface area contributed by atoms with E-state index in [9.17, 15) is 4.79 Å². The Morgan fingerprint density at radius 3 is 2.48 bits per heavy atom. The molecule has 134 valence electrons. The van der Waals surface area contributed by atoms with Crippen LogP contribution in [0.5, 0.6) is 0 Å². The van der Waals surface area contributed by atoms with Crippen LogP contribution in [0.1, 0.15) is 63.4 Å². The van der Waals surface area contributed by atoms with Crippen LogP contribution in [0.25, 0.3) is 5.57 Å². The van der Waals surface area contributed by atoms with E-state index in [1.165, 1.54) is 42.4 Å². The second-order valence-corrected chi connectivity index (χ2v) is 7.97. The largest absolute Gasteiger partial charge is 0.462 e. The summed E-state index contributed by atoms with van der Waals surface area (Å²) in [6.07, 6.45) is 9.71. The monoisotopic (exact) mass is 339 g/mol. The van der Waals surface area contributed by atoms with Gasteiger partial charge in [0.05, 0.1) is 6.42 Å². The molecule has 2 unspecified atom stereocenters. The molecule has 0 amide bonds. The van der Waals surface area contributed by atoms with Crippen molar-refractivity contribution < 1.29 is 9.53 Å². The molecule has 0 aromatic heterocycles. The van der Waals surface area contributed by atoms with Crippen molar-refractivity contribution in [2.75, 3.05) is 7.05 Å². The summed E-state index contributed by atoms with van der Waals surface area (Å²) in [5, 5.41) is 0. The van der Waals surface area contributed by atoms with E-state index in [0.29, 0.717) is 18.5 Å². The molecule has 25 heavy (non-hydrogen) atoms. The van der Waals surface area contributed by atoms with Gasteiger partial charge >= 0.3 is 5.97 Å². The number of hydrogen-bond acceptors (Lipinski definition) is 3. The Balaban J connectivity index is 1.42. The number of rotatable bonds is 4. The maximum atomic E-state index is 12.6. The number of allylic oxidation sites excluding steroid dienone is 1. The van der Waals surface area contributed by atoms with Crippen molar-refractivity contribution in [3.8, 4) is 0 Å². The molecule has 3 heteroatoms. The minimum absolute atomic E-state index is 0.0146. The molecule has 0 spiro atoms. The second-order valence-electron chi connectivity index (χ2n) is 7.97. The predicted molar refractivity (Wildman–Crippen MR) is 100 cm³/mol. The number of carbonyl (C=O) groups is 1. The SMILES string of the molecule is CN1C2CCC1CC(OC(=O)CC1=C(c3ccccc3)CCCC1)C2. The standard InChI is InChI=1S/C22H29NO2/c1-23-18-11-12-19(23)15-20(14-18)25-22(24)13-17-9-5-6-10-21(17)16-7-3-2-4-8-16/h2-4,7-8,18-20H,5-6,9-15H2,1H3. The highest BCUT2D eigenvalue weighted by molar-refractivity contribution is 5.79. The predicted octanol–water partition coefficient (Wildman–Crippen LogP) is 4.57. The number of carbonyl (C=O) groups excluding carboxylic acids is 1. The lowest BCUT2D eigenvalue weighted by molar-refractivity contribution is -0.151. The molecular weight excluding hydrogens is 310 g/mol. The fraction of sp³-hybridized carbons (Fsp3) is 0.591. The molecule has 2 bridgehead atoms. The summed E-state index contributed by atoms with van der Waals surface area (Å²) in [7, 11) is 2.22. The van der Waals surface area contributed by atoms with Gasteiger partial charge in [-0.2, -0.15) is 0 Å². The number of esters is 1. The molecule has 2 saturated heterocycles. The van der Waals surface area contributed by atoms with E-state index in [1.54, 1.807) is 0 Å². The van der Waals surface area contributed by atoms with Gasteiger partial charge in [-0.25, -0.2) is 0 Å². The number of nitrogens with zero attached hydrogens (tertiary/aromatic N) is 1. The fourth-order valence-electron chi connectivity index (χ4n) is 5.01. The number of piperidine rings is 1. The van der Waals surface area contributed by atoms with Gasteiger partial charge in [-0.15, -0.1) is 0 Å². The summed E-state index contributed by atoms with van der Waals surface area (Å²) in [6.45, 7) is 0. The van der Waals surface area contributed by atoms with E-state index >= 15 is 0 Å². The molecule has 0 radical (unpaired) electrons. The van der Waals surface area contributed by atoms with E-state index in [-0.39, 0.29) is 12.1 Å². The van der Waals surface area contributed by atoms with E-state index in [1.807, 2.05) is 0 Å². The molecule has 3 nitrogen and oxygen atoms in total. The molecule has 1 aromatic rings. The lowest BCUT2D eigenvalue weighted by Crippen LogP contribution is -2.43. The molecule has 0 N–H and O–H groups in total.